The van der Waals surface area contributed by atoms with Crippen molar-refractivity contribution in [2.75, 3.05) is 13.6 Å². The molecular weight excluding hydrogens is 300 g/mol. The van der Waals surface area contributed by atoms with E-state index in [1.807, 2.05) is 54.1 Å². The number of carbonyl (C=O) groups is 2. The third-order valence-corrected chi connectivity index (χ3v) is 5.29. The molecule has 4 heteroatoms. The van der Waals surface area contributed by atoms with E-state index in [1.165, 1.54) is 12.0 Å². The van der Waals surface area contributed by atoms with Gasteiger partial charge in [0.25, 0.3) is 5.91 Å². The summed E-state index contributed by atoms with van der Waals surface area (Å²) < 4.78 is 0. The summed E-state index contributed by atoms with van der Waals surface area (Å²) >= 11 is 0. The first-order chi connectivity index (χ1) is 11.6. The Morgan fingerprint density at radius 2 is 2.00 bits per heavy atom. The van der Waals surface area contributed by atoms with Crippen LogP contribution >= 0.6 is 0 Å². The van der Waals surface area contributed by atoms with Crippen molar-refractivity contribution in [2.24, 2.45) is 0 Å². The molecule has 0 N–H and O–H groups in total. The van der Waals surface area contributed by atoms with Crippen LogP contribution in [-0.2, 0) is 16.1 Å². The lowest BCUT2D eigenvalue weighted by molar-refractivity contribution is -0.133. The van der Waals surface area contributed by atoms with Gasteiger partial charge in [-0.2, -0.15) is 0 Å². The number of hydrogen-bond acceptors (Lipinski definition) is 2. The van der Waals surface area contributed by atoms with Gasteiger partial charge in [-0.25, -0.2) is 0 Å². The first-order valence-corrected chi connectivity index (χ1v) is 8.92. The number of hydrogen-bond donors (Lipinski definition) is 0. The Bertz CT molecular complexity index is 651. The molecule has 3 rings (SSSR count). The lowest BCUT2D eigenvalue weighted by Gasteiger charge is -2.26. The molecular formula is C20H26N2O2. The standard InChI is InChI=1S/C20H26N2O2/c1-3-22(14-15-9-5-4-6-10-15)19(23)13-17-16-11-7-8-12-18(16)21(2)20(17)24/h4-6,9-10,18H,3,7-8,11-14H2,1-2H3. The Morgan fingerprint density at radius 1 is 1.25 bits per heavy atom. The third-order valence-electron chi connectivity index (χ3n) is 5.29. The number of carbonyl (C=O) groups excluding carboxylic acids is 2. The summed E-state index contributed by atoms with van der Waals surface area (Å²) in [6, 6.07) is 10.2. The monoisotopic (exact) mass is 326 g/mol. The average molecular weight is 326 g/mol. The molecule has 1 fully saturated rings. The van der Waals surface area contributed by atoms with Gasteiger partial charge in [0.15, 0.2) is 0 Å². The molecule has 1 aromatic rings. The van der Waals surface area contributed by atoms with Crippen LogP contribution in [0.1, 0.15) is 44.6 Å². The van der Waals surface area contributed by atoms with Crippen molar-refractivity contribution in [3.05, 3.63) is 47.0 Å². The van der Waals surface area contributed by atoms with Crippen LogP contribution in [0.15, 0.2) is 41.5 Å². The molecule has 0 radical (unpaired) electrons. The summed E-state index contributed by atoms with van der Waals surface area (Å²) in [5.41, 5.74) is 3.10. The first-order valence-electron chi connectivity index (χ1n) is 8.92. The maximum Gasteiger partial charge on any atom is 0.250 e. The maximum atomic E-state index is 12.8. The fourth-order valence-electron chi connectivity index (χ4n) is 3.90. The molecule has 2 aliphatic rings. The summed E-state index contributed by atoms with van der Waals surface area (Å²) in [6.07, 6.45) is 4.55. The smallest absolute Gasteiger partial charge is 0.250 e. The number of amides is 2. The highest BCUT2D eigenvalue weighted by Crippen LogP contribution is 2.37. The van der Waals surface area contributed by atoms with Gasteiger partial charge in [-0.3, -0.25) is 9.59 Å². The highest BCUT2D eigenvalue weighted by Gasteiger charge is 2.38. The molecule has 0 spiro atoms. The van der Waals surface area contributed by atoms with Crippen molar-refractivity contribution in [3.63, 3.8) is 0 Å². The van der Waals surface area contributed by atoms with Crippen LogP contribution in [0.5, 0.6) is 0 Å². The molecule has 0 bridgehead atoms. The number of rotatable bonds is 5. The SMILES string of the molecule is CCN(Cc1ccccc1)C(=O)CC1=C2CCCCC2N(C)C1=O. The summed E-state index contributed by atoms with van der Waals surface area (Å²) in [5.74, 6) is 0.109. The van der Waals surface area contributed by atoms with Crippen molar-refractivity contribution >= 4 is 11.8 Å². The Labute approximate surface area is 144 Å². The van der Waals surface area contributed by atoms with E-state index < -0.39 is 0 Å². The van der Waals surface area contributed by atoms with E-state index in [-0.39, 0.29) is 24.3 Å². The Balaban J connectivity index is 1.74. The predicted octanol–water partition coefficient (Wildman–Crippen LogP) is 3.14. The molecule has 1 aliphatic heterocycles. The lowest BCUT2D eigenvalue weighted by atomic mass is 9.88. The Kier molecular flexibility index (Phi) is 5.03. The lowest BCUT2D eigenvalue weighted by Crippen LogP contribution is -2.34. The van der Waals surface area contributed by atoms with Crippen molar-refractivity contribution < 1.29 is 9.59 Å². The minimum absolute atomic E-state index is 0.0526. The van der Waals surface area contributed by atoms with Gasteiger partial charge >= 0.3 is 0 Å². The van der Waals surface area contributed by atoms with Gasteiger partial charge in [0, 0.05) is 25.7 Å². The molecule has 2 amide bonds. The number of fused-ring (bicyclic) bond motifs is 1. The minimum atomic E-state index is 0.0526. The largest absolute Gasteiger partial charge is 0.338 e. The molecule has 1 heterocycles. The molecule has 1 aromatic carbocycles. The molecule has 0 saturated heterocycles. The van der Waals surface area contributed by atoms with E-state index in [2.05, 4.69) is 0 Å². The summed E-state index contributed by atoms with van der Waals surface area (Å²) in [5, 5.41) is 0. The second kappa shape index (κ2) is 7.20. The molecule has 1 saturated carbocycles. The van der Waals surface area contributed by atoms with E-state index in [1.54, 1.807) is 0 Å². The molecule has 4 nitrogen and oxygen atoms in total. The summed E-state index contributed by atoms with van der Waals surface area (Å²) in [6.45, 7) is 3.25. The Hall–Kier alpha value is -2.10. The van der Waals surface area contributed by atoms with Gasteiger partial charge in [0.05, 0.1) is 12.5 Å². The topological polar surface area (TPSA) is 40.6 Å². The van der Waals surface area contributed by atoms with Gasteiger partial charge in [0.1, 0.15) is 0 Å². The summed E-state index contributed by atoms with van der Waals surface area (Å²) in [4.78, 5) is 29.0. The van der Waals surface area contributed by atoms with Crippen LogP contribution in [0.4, 0.5) is 0 Å². The van der Waals surface area contributed by atoms with Crippen molar-refractivity contribution in [1.29, 1.82) is 0 Å². The first kappa shape index (κ1) is 16.7. The van der Waals surface area contributed by atoms with Crippen LogP contribution in [0.25, 0.3) is 0 Å². The second-order valence-corrected chi connectivity index (χ2v) is 6.75. The van der Waals surface area contributed by atoms with Crippen LogP contribution in [0.3, 0.4) is 0 Å². The third kappa shape index (κ3) is 3.23. The highest BCUT2D eigenvalue weighted by atomic mass is 16.2. The molecule has 1 unspecified atom stereocenters. The van der Waals surface area contributed by atoms with Gasteiger partial charge < -0.3 is 9.80 Å². The van der Waals surface area contributed by atoms with Gasteiger partial charge in [-0.05, 0) is 37.3 Å². The fourth-order valence-corrected chi connectivity index (χ4v) is 3.90. The average Bonchev–Trinajstić information content (AvgIpc) is 2.86. The molecule has 1 atom stereocenters. The molecule has 0 aromatic heterocycles. The number of nitrogens with zero attached hydrogens (tertiary/aromatic N) is 2. The van der Waals surface area contributed by atoms with Crippen LogP contribution in [0.2, 0.25) is 0 Å². The highest BCUT2D eigenvalue weighted by molar-refractivity contribution is 6.02. The van der Waals surface area contributed by atoms with Crippen LogP contribution < -0.4 is 0 Å². The van der Waals surface area contributed by atoms with Crippen molar-refractivity contribution in [2.45, 2.75) is 51.6 Å². The summed E-state index contributed by atoms with van der Waals surface area (Å²) in [7, 11) is 1.87. The van der Waals surface area contributed by atoms with Gasteiger partial charge in [0.2, 0.25) is 5.91 Å². The van der Waals surface area contributed by atoms with E-state index in [0.717, 1.165) is 30.4 Å². The van der Waals surface area contributed by atoms with E-state index in [9.17, 15) is 9.59 Å². The van der Waals surface area contributed by atoms with Crippen LogP contribution in [0, 0.1) is 0 Å². The van der Waals surface area contributed by atoms with Crippen molar-refractivity contribution in [1.82, 2.24) is 9.80 Å². The van der Waals surface area contributed by atoms with Crippen molar-refractivity contribution in [3.8, 4) is 0 Å². The zero-order valence-corrected chi connectivity index (χ0v) is 14.6. The maximum absolute atomic E-state index is 12.8. The van der Waals surface area contributed by atoms with E-state index >= 15 is 0 Å². The number of likely N-dealkylation sites (N-methyl/N-ethyl adjacent to an activating group) is 1. The predicted molar refractivity (Wildman–Crippen MR) is 94.2 cm³/mol. The van der Waals surface area contributed by atoms with Crippen LogP contribution in [-0.4, -0.2) is 41.2 Å². The number of benzene rings is 1. The second-order valence-electron chi connectivity index (χ2n) is 6.75. The molecule has 128 valence electrons. The molecule has 24 heavy (non-hydrogen) atoms. The zero-order chi connectivity index (χ0) is 17.1. The van der Waals surface area contributed by atoms with Gasteiger partial charge in [-0.1, -0.05) is 36.8 Å². The quantitative estimate of drug-likeness (QED) is 0.834. The fraction of sp³-hybridized carbons (Fsp3) is 0.500. The molecule has 1 aliphatic carbocycles. The van der Waals surface area contributed by atoms with E-state index in [4.69, 9.17) is 0 Å². The minimum Gasteiger partial charge on any atom is -0.338 e. The zero-order valence-electron chi connectivity index (χ0n) is 14.6. The van der Waals surface area contributed by atoms with E-state index in [0.29, 0.717) is 13.1 Å². The Morgan fingerprint density at radius 3 is 2.71 bits per heavy atom. The normalized spacial score (nSPS) is 20.3. The van der Waals surface area contributed by atoms with Gasteiger partial charge in [-0.15, -0.1) is 0 Å².